The summed E-state index contributed by atoms with van der Waals surface area (Å²) in [5, 5.41) is 10.4. The number of hydrogen-bond acceptors (Lipinski definition) is 1. The molecule has 0 aliphatic heterocycles. The maximum absolute atomic E-state index is 10.4. The van der Waals surface area contributed by atoms with Gasteiger partial charge in [0.15, 0.2) is 0 Å². The maximum atomic E-state index is 10.4. The highest BCUT2D eigenvalue weighted by atomic mass is 16.3. The molecule has 2 aromatic carbocycles. The summed E-state index contributed by atoms with van der Waals surface area (Å²) < 4.78 is 0. The van der Waals surface area contributed by atoms with Gasteiger partial charge in [0.05, 0.1) is 6.10 Å². The average molecular weight is 254 g/mol. The molecule has 1 N–H and O–H groups in total. The monoisotopic (exact) mass is 254 g/mol. The van der Waals surface area contributed by atoms with Crippen molar-refractivity contribution in [3.05, 3.63) is 70.3 Å². The topological polar surface area (TPSA) is 20.2 Å². The van der Waals surface area contributed by atoms with Crippen LogP contribution < -0.4 is 0 Å². The highest BCUT2D eigenvalue weighted by Gasteiger charge is 2.11. The van der Waals surface area contributed by atoms with Crippen LogP contribution in [0.5, 0.6) is 0 Å². The molecule has 0 spiro atoms. The molecule has 1 heteroatoms. The largest absolute Gasteiger partial charge is 0.388 e. The van der Waals surface area contributed by atoms with E-state index in [1.807, 2.05) is 12.1 Å². The maximum Gasteiger partial charge on any atom is 0.0830 e. The zero-order chi connectivity index (χ0) is 13.8. The lowest BCUT2D eigenvalue weighted by Crippen LogP contribution is -2.05. The molecule has 0 saturated heterocycles. The van der Waals surface area contributed by atoms with E-state index in [1.54, 1.807) is 0 Å². The average Bonchev–Trinajstić information content (AvgIpc) is 2.43. The molecule has 0 aliphatic rings. The van der Waals surface area contributed by atoms with Crippen LogP contribution in [0.15, 0.2) is 42.5 Å². The van der Waals surface area contributed by atoms with E-state index in [4.69, 9.17) is 0 Å². The molecule has 100 valence electrons. The Balaban J connectivity index is 2.18. The molecule has 19 heavy (non-hydrogen) atoms. The van der Waals surface area contributed by atoms with Crippen molar-refractivity contribution in [3.63, 3.8) is 0 Å². The van der Waals surface area contributed by atoms with Crippen molar-refractivity contribution in [1.29, 1.82) is 0 Å². The predicted molar refractivity (Wildman–Crippen MR) is 80.4 cm³/mol. The van der Waals surface area contributed by atoms with Crippen molar-refractivity contribution in [2.45, 2.75) is 39.7 Å². The zero-order valence-corrected chi connectivity index (χ0v) is 12.0. The second-order valence-corrected chi connectivity index (χ2v) is 5.19. The molecule has 0 amide bonds. The smallest absolute Gasteiger partial charge is 0.0830 e. The van der Waals surface area contributed by atoms with Gasteiger partial charge < -0.3 is 5.11 Å². The van der Waals surface area contributed by atoms with Gasteiger partial charge >= 0.3 is 0 Å². The lowest BCUT2D eigenvalue weighted by molar-refractivity contribution is 0.178. The minimum Gasteiger partial charge on any atom is -0.388 e. The standard InChI is InChI=1S/C18H22O/c1-4-15-8-10-16(11-9-15)18(19)12-17-13(2)6-5-7-14(17)3/h5-11,18-19H,4,12H2,1-3H3. The number of aliphatic hydroxyl groups is 1. The Labute approximate surface area is 115 Å². The molecule has 1 atom stereocenters. The van der Waals surface area contributed by atoms with Crippen LogP contribution in [-0.2, 0) is 12.8 Å². The van der Waals surface area contributed by atoms with Crippen LogP contribution in [0.3, 0.4) is 0 Å². The number of benzene rings is 2. The fourth-order valence-corrected chi connectivity index (χ4v) is 2.46. The Bertz CT molecular complexity index is 520. The molecule has 0 radical (unpaired) electrons. The van der Waals surface area contributed by atoms with E-state index < -0.39 is 6.10 Å². The normalized spacial score (nSPS) is 12.4. The molecular formula is C18H22O. The molecule has 0 aliphatic carbocycles. The van der Waals surface area contributed by atoms with Gasteiger partial charge in [0.2, 0.25) is 0 Å². The molecule has 0 fully saturated rings. The van der Waals surface area contributed by atoms with E-state index in [0.29, 0.717) is 6.42 Å². The molecule has 0 saturated carbocycles. The minimum absolute atomic E-state index is 0.425. The van der Waals surface area contributed by atoms with Gasteiger partial charge in [0, 0.05) is 6.42 Å². The molecule has 2 rings (SSSR count). The van der Waals surface area contributed by atoms with Crippen LogP contribution in [0.25, 0.3) is 0 Å². The van der Waals surface area contributed by atoms with Crippen LogP contribution in [0.1, 0.15) is 40.8 Å². The summed E-state index contributed by atoms with van der Waals surface area (Å²) in [5.41, 5.74) is 6.07. The summed E-state index contributed by atoms with van der Waals surface area (Å²) in [5.74, 6) is 0. The Kier molecular flexibility index (Phi) is 4.39. The third-order valence-corrected chi connectivity index (χ3v) is 3.81. The summed E-state index contributed by atoms with van der Waals surface area (Å²) in [7, 11) is 0. The SMILES string of the molecule is CCc1ccc(C(O)Cc2c(C)cccc2C)cc1. The Morgan fingerprint density at radius 3 is 2.05 bits per heavy atom. The third-order valence-electron chi connectivity index (χ3n) is 3.81. The lowest BCUT2D eigenvalue weighted by Gasteiger charge is -2.15. The highest BCUT2D eigenvalue weighted by molar-refractivity contribution is 5.35. The van der Waals surface area contributed by atoms with E-state index in [9.17, 15) is 5.11 Å². The van der Waals surface area contributed by atoms with Gasteiger partial charge in [-0.2, -0.15) is 0 Å². The lowest BCUT2D eigenvalue weighted by atomic mass is 9.94. The first-order chi connectivity index (χ1) is 9.11. The van der Waals surface area contributed by atoms with Crippen LogP contribution in [0.2, 0.25) is 0 Å². The molecule has 0 bridgehead atoms. The summed E-state index contributed by atoms with van der Waals surface area (Å²) in [6.07, 6.45) is 1.29. The summed E-state index contributed by atoms with van der Waals surface area (Å²) >= 11 is 0. The highest BCUT2D eigenvalue weighted by Crippen LogP contribution is 2.23. The molecule has 0 aromatic heterocycles. The number of hydrogen-bond donors (Lipinski definition) is 1. The zero-order valence-electron chi connectivity index (χ0n) is 12.0. The van der Waals surface area contributed by atoms with E-state index in [2.05, 4.69) is 51.1 Å². The molecule has 0 heterocycles. The number of aliphatic hydroxyl groups excluding tert-OH is 1. The van der Waals surface area contributed by atoms with Crippen LogP contribution in [0, 0.1) is 13.8 Å². The van der Waals surface area contributed by atoms with E-state index in [1.165, 1.54) is 22.3 Å². The first-order valence-electron chi connectivity index (χ1n) is 6.93. The van der Waals surface area contributed by atoms with Crippen molar-refractivity contribution >= 4 is 0 Å². The van der Waals surface area contributed by atoms with Gasteiger partial charge in [-0.3, -0.25) is 0 Å². The first-order valence-corrected chi connectivity index (χ1v) is 6.93. The van der Waals surface area contributed by atoms with Crippen LogP contribution in [0.4, 0.5) is 0 Å². The summed E-state index contributed by atoms with van der Waals surface area (Å²) in [6.45, 7) is 6.35. The van der Waals surface area contributed by atoms with Gasteiger partial charge in [-0.25, -0.2) is 0 Å². The van der Waals surface area contributed by atoms with E-state index in [-0.39, 0.29) is 0 Å². The molecule has 1 unspecified atom stereocenters. The second kappa shape index (κ2) is 6.03. The third kappa shape index (κ3) is 3.24. The van der Waals surface area contributed by atoms with E-state index >= 15 is 0 Å². The predicted octanol–water partition coefficient (Wildman–Crippen LogP) is 4.14. The van der Waals surface area contributed by atoms with Crippen molar-refractivity contribution < 1.29 is 5.11 Å². The number of rotatable bonds is 4. The van der Waals surface area contributed by atoms with Gasteiger partial charge in [-0.05, 0) is 48.1 Å². The molecular weight excluding hydrogens is 232 g/mol. The second-order valence-electron chi connectivity index (χ2n) is 5.19. The van der Waals surface area contributed by atoms with Crippen molar-refractivity contribution in [3.8, 4) is 0 Å². The van der Waals surface area contributed by atoms with Crippen molar-refractivity contribution in [2.75, 3.05) is 0 Å². The Morgan fingerprint density at radius 2 is 1.53 bits per heavy atom. The fourth-order valence-electron chi connectivity index (χ4n) is 2.46. The van der Waals surface area contributed by atoms with Gasteiger partial charge in [-0.15, -0.1) is 0 Å². The van der Waals surface area contributed by atoms with Crippen molar-refractivity contribution in [2.24, 2.45) is 0 Å². The van der Waals surface area contributed by atoms with E-state index in [0.717, 1.165) is 12.0 Å². The quantitative estimate of drug-likeness (QED) is 0.869. The van der Waals surface area contributed by atoms with Gasteiger partial charge in [0.25, 0.3) is 0 Å². The molecule has 1 nitrogen and oxygen atoms in total. The summed E-state index contributed by atoms with van der Waals surface area (Å²) in [6, 6.07) is 14.6. The van der Waals surface area contributed by atoms with Gasteiger partial charge in [-0.1, -0.05) is 49.4 Å². The van der Waals surface area contributed by atoms with Crippen LogP contribution >= 0.6 is 0 Å². The molecule has 2 aromatic rings. The Morgan fingerprint density at radius 1 is 0.947 bits per heavy atom. The summed E-state index contributed by atoms with van der Waals surface area (Å²) in [4.78, 5) is 0. The number of aryl methyl sites for hydroxylation is 3. The van der Waals surface area contributed by atoms with Crippen LogP contribution in [-0.4, -0.2) is 5.11 Å². The fraction of sp³-hybridized carbons (Fsp3) is 0.333. The van der Waals surface area contributed by atoms with Crippen molar-refractivity contribution in [1.82, 2.24) is 0 Å². The van der Waals surface area contributed by atoms with Gasteiger partial charge in [0.1, 0.15) is 0 Å². The minimum atomic E-state index is -0.425. The first kappa shape index (κ1) is 13.8. The Hall–Kier alpha value is -1.60.